The van der Waals surface area contributed by atoms with Gasteiger partial charge in [-0.25, -0.2) is 4.39 Å². The molecule has 1 unspecified atom stereocenters. The number of aliphatic hydroxyl groups is 1. The summed E-state index contributed by atoms with van der Waals surface area (Å²) in [4.78, 5) is 11.2. The molecule has 1 fully saturated rings. The fourth-order valence-corrected chi connectivity index (χ4v) is 3.01. The Morgan fingerprint density at radius 3 is 2.54 bits per heavy atom. The van der Waals surface area contributed by atoms with Gasteiger partial charge in [-0.05, 0) is 36.6 Å². The number of carbonyl (C=O) groups is 1. The molecule has 0 saturated carbocycles. The number of halogens is 2. The fraction of sp³-hybridized carbons (Fsp3) is 0.316. The Bertz CT molecular complexity index is 742. The van der Waals surface area contributed by atoms with Crippen LogP contribution in [0, 0.1) is 5.82 Å². The van der Waals surface area contributed by atoms with Crippen LogP contribution in [-0.2, 0) is 11.4 Å². The Morgan fingerprint density at radius 2 is 1.92 bits per heavy atom. The minimum atomic E-state index is -0.732. The van der Waals surface area contributed by atoms with Crippen molar-refractivity contribution in [1.29, 1.82) is 0 Å². The van der Waals surface area contributed by atoms with Gasteiger partial charge in [-0.3, -0.25) is 4.79 Å². The zero-order chi connectivity index (χ0) is 17.8. The molecular formula is C19H22ClFN2O3. The second-order valence-corrected chi connectivity index (χ2v) is 6.20. The van der Waals surface area contributed by atoms with Gasteiger partial charge in [0.2, 0.25) is 5.91 Å². The smallest absolute Gasteiger partial charge is 0.234 e. The highest BCUT2D eigenvalue weighted by Crippen LogP contribution is 2.27. The van der Waals surface area contributed by atoms with Crippen LogP contribution in [-0.4, -0.2) is 23.1 Å². The first-order valence-electron chi connectivity index (χ1n) is 8.24. The lowest BCUT2D eigenvalue weighted by Crippen LogP contribution is -2.41. The van der Waals surface area contributed by atoms with E-state index in [-0.39, 0.29) is 36.9 Å². The molecule has 3 rings (SSSR count). The second-order valence-electron chi connectivity index (χ2n) is 6.20. The Labute approximate surface area is 157 Å². The minimum Gasteiger partial charge on any atom is -0.489 e. The Hall–Kier alpha value is -2.15. The number of carbonyl (C=O) groups excluding carboxylic acids is 1. The molecule has 0 aromatic heterocycles. The molecule has 4 N–H and O–H groups in total. The lowest BCUT2D eigenvalue weighted by Gasteiger charge is -2.20. The van der Waals surface area contributed by atoms with Crippen molar-refractivity contribution in [3.8, 4) is 5.75 Å². The van der Waals surface area contributed by atoms with Crippen molar-refractivity contribution in [3.63, 3.8) is 0 Å². The highest BCUT2D eigenvalue weighted by atomic mass is 35.5. The first kappa shape index (κ1) is 20.2. The Kier molecular flexibility index (Phi) is 6.97. The normalized spacial score (nSPS) is 20.2. The molecule has 0 radical (unpaired) electrons. The van der Waals surface area contributed by atoms with Crippen LogP contribution < -0.4 is 15.8 Å². The second kappa shape index (κ2) is 8.98. The van der Waals surface area contributed by atoms with Crippen LogP contribution >= 0.6 is 12.4 Å². The summed E-state index contributed by atoms with van der Waals surface area (Å²) in [5.74, 6) is -0.106. The molecule has 0 spiro atoms. The zero-order valence-electron chi connectivity index (χ0n) is 14.1. The van der Waals surface area contributed by atoms with E-state index in [2.05, 4.69) is 5.32 Å². The number of ether oxygens (including phenoxy) is 1. The molecule has 26 heavy (non-hydrogen) atoms. The Balaban J connectivity index is 0.00000243. The molecule has 5 nitrogen and oxygen atoms in total. The largest absolute Gasteiger partial charge is 0.489 e. The van der Waals surface area contributed by atoms with Gasteiger partial charge in [0.1, 0.15) is 18.2 Å². The van der Waals surface area contributed by atoms with E-state index in [1.165, 1.54) is 6.07 Å². The van der Waals surface area contributed by atoms with Gasteiger partial charge in [-0.2, -0.15) is 0 Å². The van der Waals surface area contributed by atoms with E-state index in [1.807, 2.05) is 0 Å². The SMILES string of the molecule is Cl.NC(=O)[C@@H]1CC[C@H](C(O)c2ccc(OCc3ccccc3F)cc2)N1. The van der Waals surface area contributed by atoms with E-state index in [1.54, 1.807) is 42.5 Å². The third-order valence-corrected chi connectivity index (χ3v) is 4.48. The molecule has 1 amide bonds. The quantitative estimate of drug-likeness (QED) is 0.718. The molecule has 1 aliphatic heterocycles. The number of primary amides is 1. The first-order chi connectivity index (χ1) is 12.0. The molecular weight excluding hydrogens is 359 g/mol. The van der Waals surface area contributed by atoms with E-state index in [4.69, 9.17) is 10.5 Å². The van der Waals surface area contributed by atoms with Gasteiger partial charge in [0, 0.05) is 11.6 Å². The molecule has 0 aliphatic carbocycles. The van der Waals surface area contributed by atoms with E-state index in [9.17, 15) is 14.3 Å². The third kappa shape index (κ3) is 4.72. The summed E-state index contributed by atoms with van der Waals surface area (Å²) < 4.78 is 19.2. The predicted octanol–water partition coefficient (Wildman–Crippen LogP) is 2.47. The van der Waals surface area contributed by atoms with Gasteiger partial charge in [0.15, 0.2) is 0 Å². The van der Waals surface area contributed by atoms with Crippen molar-refractivity contribution in [2.75, 3.05) is 0 Å². The number of aliphatic hydroxyl groups excluding tert-OH is 1. The summed E-state index contributed by atoms with van der Waals surface area (Å²) in [5, 5.41) is 13.5. The van der Waals surface area contributed by atoms with Gasteiger partial charge < -0.3 is 20.9 Å². The Morgan fingerprint density at radius 1 is 1.23 bits per heavy atom. The highest BCUT2D eigenvalue weighted by molar-refractivity contribution is 5.85. The third-order valence-electron chi connectivity index (χ3n) is 4.48. The molecule has 2 aromatic rings. The maximum absolute atomic E-state index is 13.6. The maximum Gasteiger partial charge on any atom is 0.234 e. The number of nitrogens with one attached hydrogen (secondary N) is 1. The fourth-order valence-electron chi connectivity index (χ4n) is 3.01. The van der Waals surface area contributed by atoms with Gasteiger partial charge >= 0.3 is 0 Å². The van der Waals surface area contributed by atoms with E-state index in [0.717, 1.165) is 5.56 Å². The average molecular weight is 381 g/mol. The monoisotopic (exact) mass is 380 g/mol. The van der Waals surface area contributed by atoms with E-state index in [0.29, 0.717) is 24.2 Å². The molecule has 2 aromatic carbocycles. The molecule has 140 valence electrons. The van der Waals surface area contributed by atoms with Crippen molar-refractivity contribution in [3.05, 3.63) is 65.5 Å². The molecule has 1 heterocycles. The van der Waals surface area contributed by atoms with Crippen LogP contribution in [0.4, 0.5) is 4.39 Å². The van der Waals surface area contributed by atoms with Crippen molar-refractivity contribution < 1.29 is 19.0 Å². The number of rotatable bonds is 6. The molecule has 7 heteroatoms. The summed E-state index contributed by atoms with van der Waals surface area (Å²) in [6.45, 7) is 0.138. The van der Waals surface area contributed by atoms with Crippen LogP contribution in [0.15, 0.2) is 48.5 Å². The van der Waals surface area contributed by atoms with Crippen LogP contribution in [0.1, 0.15) is 30.1 Å². The van der Waals surface area contributed by atoms with Gasteiger partial charge in [0.25, 0.3) is 0 Å². The van der Waals surface area contributed by atoms with Crippen molar-refractivity contribution in [1.82, 2.24) is 5.32 Å². The van der Waals surface area contributed by atoms with Crippen LogP contribution in [0.3, 0.4) is 0 Å². The average Bonchev–Trinajstić information content (AvgIpc) is 3.11. The molecule has 1 saturated heterocycles. The summed E-state index contributed by atoms with van der Waals surface area (Å²) in [6.07, 6.45) is 0.575. The van der Waals surface area contributed by atoms with Crippen molar-refractivity contribution in [2.24, 2.45) is 5.73 Å². The number of nitrogens with two attached hydrogens (primary N) is 1. The van der Waals surface area contributed by atoms with Gasteiger partial charge in [-0.15, -0.1) is 12.4 Å². The topological polar surface area (TPSA) is 84.6 Å². The number of hydrogen-bond acceptors (Lipinski definition) is 4. The van der Waals surface area contributed by atoms with Crippen molar-refractivity contribution >= 4 is 18.3 Å². The van der Waals surface area contributed by atoms with Crippen LogP contribution in [0.5, 0.6) is 5.75 Å². The van der Waals surface area contributed by atoms with Crippen molar-refractivity contribution in [2.45, 2.75) is 37.6 Å². The molecule has 1 aliphatic rings. The summed E-state index contributed by atoms with van der Waals surface area (Å²) in [5.41, 5.74) is 6.49. The first-order valence-corrected chi connectivity index (χ1v) is 8.24. The van der Waals surface area contributed by atoms with E-state index < -0.39 is 12.0 Å². The predicted molar refractivity (Wildman–Crippen MR) is 98.5 cm³/mol. The van der Waals surface area contributed by atoms with Crippen LogP contribution in [0.2, 0.25) is 0 Å². The maximum atomic E-state index is 13.6. The molecule has 0 bridgehead atoms. The van der Waals surface area contributed by atoms with Gasteiger partial charge in [-0.1, -0.05) is 30.3 Å². The van der Waals surface area contributed by atoms with Gasteiger partial charge in [0.05, 0.1) is 12.1 Å². The summed E-state index contributed by atoms with van der Waals surface area (Å²) >= 11 is 0. The number of benzene rings is 2. The summed E-state index contributed by atoms with van der Waals surface area (Å²) in [6, 6.07) is 12.9. The lowest BCUT2D eigenvalue weighted by molar-refractivity contribution is -0.119. The zero-order valence-corrected chi connectivity index (χ0v) is 14.9. The highest BCUT2D eigenvalue weighted by Gasteiger charge is 2.32. The van der Waals surface area contributed by atoms with E-state index >= 15 is 0 Å². The lowest BCUT2D eigenvalue weighted by atomic mass is 10.0. The summed E-state index contributed by atoms with van der Waals surface area (Å²) in [7, 11) is 0. The number of hydrogen-bond donors (Lipinski definition) is 3. The number of amides is 1. The minimum absolute atomic E-state index is 0. The standard InChI is InChI=1S/C19H21FN2O3.ClH/c20-15-4-2-1-3-13(15)11-25-14-7-5-12(6-8-14)18(23)16-9-10-17(22-16)19(21)24;/h1-8,16-18,22-23H,9-11H2,(H2,21,24);1H/t16-,17+,18?;/m1./s1. The molecule has 3 atom stereocenters. The van der Waals surface area contributed by atoms with Crippen LogP contribution in [0.25, 0.3) is 0 Å².